The molecule has 2 aromatic carbocycles. The summed E-state index contributed by atoms with van der Waals surface area (Å²) in [6.07, 6.45) is 3.17. The van der Waals surface area contributed by atoms with E-state index in [1.54, 1.807) is 0 Å². The number of likely N-dealkylation sites (tertiary alicyclic amines) is 2. The molecule has 2 heterocycles. The number of aliphatic hydroxyl groups is 1. The molecule has 5 heteroatoms. The molecule has 2 fully saturated rings. The number of aliphatic hydroxyl groups excluding tert-OH is 1. The molecule has 1 amide bonds. The van der Waals surface area contributed by atoms with Crippen molar-refractivity contribution in [2.45, 2.75) is 38.3 Å². The molecule has 154 valence electrons. The van der Waals surface area contributed by atoms with Crippen molar-refractivity contribution in [3.05, 3.63) is 70.2 Å². The van der Waals surface area contributed by atoms with Gasteiger partial charge in [-0.1, -0.05) is 58.4 Å². The van der Waals surface area contributed by atoms with E-state index in [1.165, 1.54) is 5.56 Å². The van der Waals surface area contributed by atoms with E-state index in [0.29, 0.717) is 12.5 Å². The van der Waals surface area contributed by atoms with Crippen molar-refractivity contribution in [3.63, 3.8) is 0 Å². The standard InChI is InChI=1S/C24H29BrN2O2/c25-21-8-6-19(7-9-21)18-27-17-13-24(23(27)29)11-15-26(16-12-24)14-10-22(28)20-4-2-1-3-5-20/h1-9,22,28H,10-18H2. The van der Waals surface area contributed by atoms with Crippen LogP contribution in [0.5, 0.6) is 0 Å². The summed E-state index contributed by atoms with van der Waals surface area (Å²) in [5.74, 6) is 0.337. The molecule has 2 aliphatic rings. The van der Waals surface area contributed by atoms with Gasteiger partial charge in [0.15, 0.2) is 0 Å². The Morgan fingerprint density at radius 1 is 0.966 bits per heavy atom. The summed E-state index contributed by atoms with van der Waals surface area (Å²) >= 11 is 3.47. The molecule has 29 heavy (non-hydrogen) atoms. The van der Waals surface area contributed by atoms with Gasteiger partial charge in [-0.3, -0.25) is 4.79 Å². The van der Waals surface area contributed by atoms with E-state index in [4.69, 9.17) is 0 Å². The topological polar surface area (TPSA) is 43.8 Å². The first-order valence-electron chi connectivity index (χ1n) is 10.5. The first kappa shape index (κ1) is 20.6. The van der Waals surface area contributed by atoms with Gasteiger partial charge in [-0.05, 0) is 62.0 Å². The Kier molecular flexibility index (Phi) is 6.38. The highest BCUT2D eigenvalue weighted by Crippen LogP contribution is 2.42. The maximum absolute atomic E-state index is 13.2. The monoisotopic (exact) mass is 456 g/mol. The molecule has 1 spiro atoms. The zero-order valence-electron chi connectivity index (χ0n) is 16.8. The van der Waals surface area contributed by atoms with Crippen molar-refractivity contribution in [3.8, 4) is 0 Å². The lowest BCUT2D eigenvalue weighted by Gasteiger charge is -2.38. The zero-order valence-corrected chi connectivity index (χ0v) is 18.4. The second kappa shape index (κ2) is 8.99. The molecule has 2 saturated heterocycles. The SMILES string of the molecule is O=C1N(Cc2ccc(Br)cc2)CCC12CCN(CCC(O)c1ccccc1)CC2. The van der Waals surface area contributed by atoms with Gasteiger partial charge in [0.1, 0.15) is 0 Å². The Hall–Kier alpha value is -1.69. The number of benzene rings is 2. The number of nitrogens with zero attached hydrogens (tertiary/aromatic N) is 2. The molecule has 2 aliphatic heterocycles. The minimum Gasteiger partial charge on any atom is -0.388 e. The summed E-state index contributed by atoms with van der Waals surface area (Å²) in [7, 11) is 0. The Bertz CT molecular complexity index is 817. The number of carbonyl (C=O) groups is 1. The molecular formula is C24H29BrN2O2. The average Bonchev–Trinajstić information content (AvgIpc) is 3.05. The van der Waals surface area contributed by atoms with Gasteiger partial charge in [0, 0.05) is 24.1 Å². The van der Waals surface area contributed by atoms with Crippen molar-refractivity contribution in [2.75, 3.05) is 26.2 Å². The third-order valence-corrected chi connectivity index (χ3v) is 7.13. The van der Waals surface area contributed by atoms with Crippen molar-refractivity contribution >= 4 is 21.8 Å². The van der Waals surface area contributed by atoms with Crippen LogP contribution in [0, 0.1) is 5.41 Å². The predicted octanol–water partition coefficient (Wildman–Crippen LogP) is 4.39. The quantitative estimate of drug-likeness (QED) is 0.700. The van der Waals surface area contributed by atoms with Gasteiger partial charge in [0.05, 0.1) is 11.5 Å². The molecule has 1 unspecified atom stereocenters. The smallest absolute Gasteiger partial charge is 0.229 e. The summed E-state index contributed by atoms with van der Waals surface area (Å²) in [6.45, 7) is 4.34. The summed E-state index contributed by atoms with van der Waals surface area (Å²) in [4.78, 5) is 17.6. The number of amides is 1. The molecule has 0 radical (unpaired) electrons. The first-order chi connectivity index (χ1) is 14.1. The van der Waals surface area contributed by atoms with Crippen LogP contribution in [0.2, 0.25) is 0 Å². The van der Waals surface area contributed by atoms with Crippen LogP contribution in [0.4, 0.5) is 0 Å². The first-order valence-corrected chi connectivity index (χ1v) is 11.3. The van der Waals surface area contributed by atoms with Crippen LogP contribution in [-0.4, -0.2) is 47.0 Å². The molecule has 4 rings (SSSR count). The summed E-state index contributed by atoms with van der Waals surface area (Å²) in [6, 6.07) is 18.1. The van der Waals surface area contributed by atoms with E-state index in [2.05, 4.69) is 33.0 Å². The van der Waals surface area contributed by atoms with Gasteiger partial charge in [0.2, 0.25) is 5.91 Å². The molecule has 0 bridgehead atoms. The van der Waals surface area contributed by atoms with Crippen LogP contribution < -0.4 is 0 Å². The maximum Gasteiger partial charge on any atom is 0.229 e. The number of hydrogen-bond acceptors (Lipinski definition) is 3. The molecule has 2 aromatic rings. The van der Waals surface area contributed by atoms with Crippen LogP contribution in [0.25, 0.3) is 0 Å². The zero-order chi connectivity index (χ0) is 20.3. The molecule has 0 aliphatic carbocycles. The molecular weight excluding hydrogens is 428 g/mol. The number of halogens is 1. The van der Waals surface area contributed by atoms with Crippen LogP contribution in [0.3, 0.4) is 0 Å². The Balaban J connectivity index is 1.27. The van der Waals surface area contributed by atoms with Gasteiger partial charge in [0.25, 0.3) is 0 Å². The van der Waals surface area contributed by atoms with Crippen molar-refractivity contribution in [1.82, 2.24) is 9.80 Å². The fourth-order valence-electron chi connectivity index (χ4n) is 4.67. The number of hydrogen-bond donors (Lipinski definition) is 1. The van der Waals surface area contributed by atoms with Gasteiger partial charge >= 0.3 is 0 Å². The molecule has 1 atom stereocenters. The minimum atomic E-state index is -0.415. The van der Waals surface area contributed by atoms with Crippen molar-refractivity contribution in [1.29, 1.82) is 0 Å². The van der Waals surface area contributed by atoms with E-state index in [1.807, 2.05) is 47.4 Å². The third-order valence-electron chi connectivity index (χ3n) is 6.60. The van der Waals surface area contributed by atoms with E-state index in [0.717, 1.165) is 61.9 Å². The van der Waals surface area contributed by atoms with Crippen LogP contribution in [0.1, 0.15) is 42.9 Å². The van der Waals surface area contributed by atoms with Crippen LogP contribution >= 0.6 is 15.9 Å². The van der Waals surface area contributed by atoms with Crippen molar-refractivity contribution in [2.24, 2.45) is 5.41 Å². The van der Waals surface area contributed by atoms with E-state index in [-0.39, 0.29) is 5.41 Å². The number of rotatable bonds is 6. The second-order valence-electron chi connectivity index (χ2n) is 8.44. The highest BCUT2D eigenvalue weighted by Gasteiger charge is 2.47. The van der Waals surface area contributed by atoms with E-state index < -0.39 is 6.10 Å². The lowest BCUT2D eigenvalue weighted by Crippen LogP contribution is -2.44. The summed E-state index contributed by atoms with van der Waals surface area (Å²) in [5, 5.41) is 10.4. The van der Waals surface area contributed by atoms with Crippen molar-refractivity contribution < 1.29 is 9.90 Å². The molecule has 4 nitrogen and oxygen atoms in total. The average molecular weight is 457 g/mol. The Labute approximate surface area is 181 Å². The lowest BCUT2D eigenvalue weighted by molar-refractivity contribution is -0.138. The highest BCUT2D eigenvalue weighted by atomic mass is 79.9. The van der Waals surface area contributed by atoms with Gasteiger partial charge < -0.3 is 14.9 Å². The minimum absolute atomic E-state index is 0.163. The third kappa shape index (κ3) is 4.73. The molecule has 1 N–H and O–H groups in total. The van der Waals surface area contributed by atoms with Gasteiger partial charge in [-0.25, -0.2) is 0 Å². The molecule has 0 aromatic heterocycles. The normalized spacial score (nSPS) is 20.3. The Morgan fingerprint density at radius 2 is 1.62 bits per heavy atom. The van der Waals surface area contributed by atoms with Gasteiger partial charge in [-0.15, -0.1) is 0 Å². The van der Waals surface area contributed by atoms with E-state index in [9.17, 15) is 9.90 Å². The second-order valence-corrected chi connectivity index (χ2v) is 9.36. The molecule has 0 saturated carbocycles. The Morgan fingerprint density at radius 3 is 2.31 bits per heavy atom. The number of carbonyl (C=O) groups excluding carboxylic acids is 1. The largest absolute Gasteiger partial charge is 0.388 e. The summed E-state index contributed by atoms with van der Waals surface area (Å²) in [5.41, 5.74) is 2.01. The lowest BCUT2D eigenvalue weighted by atomic mass is 9.77. The van der Waals surface area contributed by atoms with Gasteiger partial charge in [-0.2, -0.15) is 0 Å². The van der Waals surface area contributed by atoms with E-state index >= 15 is 0 Å². The number of piperidine rings is 1. The maximum atomic E-state index is 13.2. The highest BCUT2D eigenvalue weighted by molar-refractivity contribution is 9.10. The fourth-order valence-corrected chi connectivity index (χ4v) is 4.93. The fraction of sp³-hybridized carbons (Fsp3) is 0.458. The van der Waals surface area contributed by atoms with Crippen LogP contribution in [0.15, 0.2) is 59.1 Å². The predicted molar refractivity (Wildman–Crippen MR) is 118 cm³/mol. The van der Waals surface area contributed by atoms with Crippen LogP contribution in [-0.2, 0) is 11.3 Å². The summed E-state index contributed by atoms with van der Waals surface area (Å²) < 4.78 is 1.07.